The molecule has 3 heterocycles. The van der Waals surface area contributed by atoms with Crippen LogP contribution in [0.5, 0.6) is 5.75 Å². The number of benzene rings is 2. The number of hydrogen-bond donors (Lipinski definition) is 3. The molecule has 13 nitrogen and oxygen atoms in total. The van der Waals surface area contributed by atoms with Crippen molar-refractivity contribution in [2.75, 3.05) is 30.4 Å². The van der Waals surface area contributed by atoms with Gasteiger partial charge in [0.25, 0.3) is 5.91 Å². The number of aromatic carboxylic acids is 1. The van der Waals surface area contributed by atoms with Crippen LogP contribution in [0.25, 0.3) is 22.3 Å². The molecule has 14 heteroatoms. The summed E-state index contributed by atoms with van der Waals surface area (Å²) in [5, 5.41) is 20.7. The van der Waals surface area contributed by atoms with Crippen LogP contribution in [0.4, 0.5) is 20.6 Å². The van der Waals surface area contributed by atoms with Crippen molar-refractivity contribution in [1.29, 1.82) is 0 Å². The number of methoxy groups -OCH3 is 1. The van der Waals surface area contributed by atoms with E-state index in [9.17, 15) is 23.9 Å². The lowest BCUT2D eigenvalue weighted by Gasteiger charge is -2.36. The molecule has 0 aliphatic carbocycles. The van der Waals surface area contributed by atoms with E-state index in [0.717, 1.165) is 0 Å². The van der Waals surface area contributed by atoms with Crippen LogP contribution in [-0.2, 0) is 11.8 Å². The SMILES string of the molecule is COc1cccc(F)c1-c1nccc(C(=O)Nc2cc(C(=O)O)c3nn(C)cc3c2N2CCC[C@@H](NC(=O)OC(C)(C)C)C2)n1. The van der Waals surface area contributed by atoms with E-state index in [-0.39, 0.29) is 45.6 Å². The first-order chi connectivity index (χ1) is 21.3. The molecule has 3 N–H and O–H groups in total. The minimum atomic E-state index is -1.22. The number of piperidine rings is 1. The number of anilines is 2. The first-order valence-electron chi connectivity index (χ1n) is 14.3. The second kappa shape index (κ2) is 12.4. The first-order valence-corrected chi connectivity index (χ1v) is 14.3. The van der Waals surface area contributed by atoms with Gasteiger partial charge >= 0.3 is 12.1 Å². The second-order valence-corrected chi connectivity index (χ2v) is 11.7. The molecular formula is C31H34FN7O6. The number of aryl methyl sites for hydroxylation is 1. The number of carbonyl (C=O) groups excluding carboxylic acids is 2. The lowest BCUT2D eigenvalue weighted by molar-refractivity contribution is 0.0499. The Hall–Kier alpha value is -5.27. The molecule has 5 rings (SSSR count). The van der Waals surface area contributed by atoms with E-state index in [4.69, 9.17) is 9.47 Å². The van der Waals surface area contributed by atoms with Gasteiger partial charge in [-0.2, -0.15) is 5.10 Å². The molecule has 2 amide bonds. The Kier molecular flexibility index (Phi) is 8.57. The number of carboxylic acids is 1. The Morgan fingerprint density at radius 1 is 1.18 bits per heavy atom. The lowest BCUT2D eigenvalue weighted by atomic mass is 10.0. The normalized spacial score (nSPS) is 15.1. The molecule has 1 aliphatic rings. The quantitative estimate of drug-likeness (QED) is 0.266. The maximum atomic E-state index is 14.8. The van der Waals surface area contributed by atoms with Crippen molar-refractivity contribution in [3.63, 3.8) is 0 Å². The van der Waals surface area contributed by atoms with Crippen LogP contribution in [0.1, 0.15) is 54.5 Å². The monoisotopic (exact) mass is 619 g/mol. The van der Waals surface area contributed by atoms with Gasteiger partial charge in [-0.05, 0) is 57.9 Å². The van der Waals surface area contributed by atoms with E-state index in [1.54, 1.807) is 40.1 Å². The molecule has 0 spiro atoms. The highest BCUT2D eigenvalue weighted by atomic mass is 19.1. The van der Waals surface area contributed by atoms with Gasteiger partial charge in [0.2, 0.25) is 0 Å². The molecule has 2 aromatic carbocycles. The zero-order valence-electron chi connectivity index (χ0n) is 25.5. The summed E-state index contributed by atoms with van der Waals surface area (Å²) in [5.41, 5.74) is 0.139. The number of rotatable bonds is 7. The summed E-state index contributed by atoms with van der Waals surface area (Å²) in [4.78, 5) is 48.9. The number of carboxylic acid groups (broad SMARTS) is 1. The van der Waals surface area contributed by atoms with Gasteiger partial charge in [-0.1, -0.05) is 6.07 Å². The summed E-state index contributed by atoms with van der Waals surface area (Å²) < 4.78 is 27.0. The van der Waals surface area contributed by atoms with Crippen LogP contribution in [0.2, 0.25) is 0 Å². The molecule has 0 saturated carbocycles. The third kappa shape index (κ3) is 6.79. The van der Waals surface area contributed by atoms with Gasteiger partial charge < -0.3 is 30.1 Å². The van der Waals surface area contributed by atoms with Gasteiger partial charge in [0, 0.05) is 44.0 Å². The maximum Gasteiger partial charge on any atom is 0.407 e. The summed E-state index contributed by atoms with van der Waals surface area (Å²) in [7, 11) is 3.06. The number of hydrogen-bond acceptors (Lipinski definition) is 9. The summed E-state index contributed by atoms with van der Waals surface area (Å²) in [6.07, 6.45) is 3.88. The summed E-state index contributed by atoms with van der Waals surface area (Å²) in [6, 6.07) is 6.73. The Labute approximate surface area is 258 Å². The van der Waals surface area contributed by atoms with E-state index >= 15 is 0 Å². The standard InChI is InChI=1S/C31H34FN7O6/c1-31(2,3)45-30(43)34-17-8-7-13-39(15-17)26-19-16-38(4)37-25(19)18(29(41)42)14-22(26)36-28(40)21-11-12-33-27(35-21)24-20(32)9-6-10-23(24)44-5/h6,9-12,14,16-17H,7-8,13,15H2,1-5H3,(H,34,43)(H,36,40)(H,41,42)/t17-/m1/s1. The van der Waals surface area contributed by atoms with Gasteiger partial charge in [0.15, 0.2) is 5.82 Å². The van der Waals surface area contributed by atoms with Gasteiger partial charge in [-0.25, -0.2) is 23.9 Å². The number of fused-ring (bicyclic) bond motifs is 1. The molecule has 0 radical (unpaired) electrons. The fourth-order valence-electron chi connectivity index (χ4n) is 5.34. The van der Waals surface area contributed by atoms with Crippen molar-refractivity contribution >= 4 is 40.2 Å². The lowest BCUT2D eigenvalue weighted by Crippen LogP contribution is -2.49. The molecule has 1 aliphatic heterocycles. The number of ether oxygens (including phenoxy) is 2. The van der Waals surface area contributed by atoms with Crippen molar-refractivity contribution in [2.45, 2.75) is 45.3 Å². The van der Waals surface area contributed by atoms with Crippen molar-refractivity contribution in [3.05, 3.63) is 59.8 Å². The second-order valence-electron chi connectivity index (χ2n) is 11.7. The van der Waals surface area contributed by atoms with Crippen LogP contribution in [0, 0.1) is 5.82 Å². The molecule has 4 aromatic rings. The molecule has 1 saturated heterocycles. The highest BCUT2D eigenvalue weighted by Gasteiger charge is 2.30. The molecule has 2 aromatic heterocycles. The average molecular weight is 620 g/mol. The highest BCUT2D eigenvalue weighted by Crippen LogP contribution is 2.39. The predicted octanol–water partition coefficient (Wildman–Crippen LogP) is 4.62. The zero-order valence-corrected chi connectivity index (χ0v) is 25.5. The molecule has 1 atom stereocenters. The van der Waals surface area contributed by atoms with E-state index < -0.39 is 29.4 Å². The molecule has 0 bridgehead atoms. The minimum absolute atomic E-state index is 0.00266. The number of amides is 2. The van der Waals surface area contributed by atoms with Crippen LogP contribution in [-0.4, -0.2) is 74.7 Å². The number of carbonyl (C=O) groups is 3. The zero-order chi connectivity index (χ0) is 32.5. The molecule has 236 valence electrons. The van der Waals surface area contributed by atoms with Gasteiger partial charge in [0.1, 0.15) is 28.4 Å². The Bertz CT molecular complexity index is 1780. The highest BCUT2D eigenvalue weighted by molar-refractivity contribution is 6.14. The van der Waals surface area contributed by atoms with E-state index in [1.165, 1.54) is 42.3 Å². The van der Waals surface area contributed by atoms with Crippen LogP contribution < -0.4 is 20.3 Å². The maximum absolute atomic E-state index is 14.8. The number of halogens is 1. The number of aromatic nitrogens is 4. The predicted molar refractivity (Wildman–Crippen MR) is 164 cm³/mol. The van der Waals surface area contributed by atoms with Crippen molar-refractivity contribution in [2.24, 2.45) is 7.05 Å². The van der Waals surface area contributed by atoms with Gasteiger partial charge in [-0.3, -0.25) is 9.48 Å². The summed E-state index contributed by atoms with van der Waals surface area (Å²) in [5.74, 6) is -2.38. The first kappa shape index (κ1) is 31.2. The number of alkyl carbamates (subject to hydrolysis) is 1. The molecular weight excluding hydrogens is 585 g/mol. The summed E-state index contributed by atoms with van der Waals surface area (Å²) >= 11 is 0. The van der Waals surface area contributed by atoms with Crippen LogP contribution >= 0.6 is 0 Å². The van der Waals surface area contributed by atoms with Gasteiger partial charge in [-0.15, -0.1) is 0 Å². The number of nitrogens with zero attached hydrogens (tertiary/aromatic N) is 5. The smallest absolute Gasteiger partial charge is 0.407 e. The fourth-order valence-corrected chi connectivity index (χ4v) is 5.34. The Balaban J connectivity index is 1.53. The third-order valence-corrected chi connectivity index (χ3v) is 7.13. The molecule has 1 fully saturated rings. The average Bonchev–Trinajstić information content (AvgIpc) is 3.36. The van der Waals surface area contributed by atoms with Crippen LogP contribution in [0.15, 0.2) is 42.7 Å². The number of nitrogens with one attached hydrogen (secondary N) is 2. The Morgan fingerprint density at radius 2 is 1.96 bits per heavy atom. The molecule has 0 unspecified atom stereocenters. The van der Waals surface area contributed by atoms with E-state index in [0.29, 0.717) is 37.0 Å². The molecule has 45 heavy (non-hydrogen) atoms. The van der Waals surface area contributed by atoms with E-state index in [2.05, 4.69) is 25.7 Å². The minimum Gasteiger partial charge on any atom is -0.496 e. The topological polar surface area (TPSA) is 161 Å². The fraction of sp³-hybridized carbons (Fsp3) is 0.355. The van der Waals surface area contributed by atoms with Crippen LogP contribution in [0.3, 0.4) is 0 Å². The third-order valence-electron chi connectivity index (χ3n) is 7.13. The van der Waals surface area contributed by atoms with Crippen molar-refractivity contribution in [3.8, 4) is 17.1 Å². The van der Waals surface area contributed by atoms with E-state index in [1.807, 2.05) is 4.90 Å². The largest absolute Gasteiger partial charge is 0.496 e. The Morgan fingerprint density at radius 3 is 2.67 bits per heavy atom. The van der Waals surface area contributed by atoms with Crippen molar-refractivity contribution in [1.82, 2.24) is 25.1 Å². The van der Waals surface area contributed by atoms with Crippen molar-refractivity contribution < 1.29 is 33.4 Å². The van der Waals surface area contributed by atoms with Gasteiger partial charge in [0.05, 0.1) is 29.6 Å². The summed E-state index contributed by atoms with van der Waals surface area (Å²) in [6.45, 7) is 6.28.